The van der Waals surface area contributed by atoms with Crippen molar-refractivity contribution >= 4 is 6.16 Å². The van der Waals surface area contributed by atoms with Crippen molar-refractivity contribution in [3.63, 3.8) is 0 Å². The van der Waals surface area contributed by atoms with E-state index in [-0.39, 0.29) is 0 Å². The fourth-order valence-corrected chi connectivity index (χ4v) is 1.96. The zero-order chi connectivity index (χ0) is 13.7. The predicted octanol–water partition coefficient (Wildman–Crippen LogP) is 3.97. The molecule has 0 aliphatic rings. The molecule has 0 fully saturated rings. The molecule has 0 aliphatic carbocycles. The van der Waals surface area contributed by atoms with E-state index in [1.807, 2.05) is 61.5 Å². The fourth-order valence-electron chi connectivity index (χ4n) is 1.96. The van der Waals surface area contributed by atoms with Gasteiger partial charge in [-0.25, -0.2) is 4.79 Å². The van der Waals surface area contributed by atoms with E-state index >= 15 is 0 Å². The minimum Gasteiger partial charge on any atom is -0.450 e. The molecule has 0 saturated heterocycles. The van der Waals surface area contributed by atoms with Crippen molar-refractivity contribution < 1.29 is 14.6 Å². The Morgan fingerprint density at radius 2 is 1.74 bits per heavy atom. The Morgan fingerprint density at radius 1 is 1.11 bits per heavy atom. The molecule has 1 unspecified atom stereocenters. The van der Waals surface area contributed by atoms with Crippen LogP contribution in [0.25, 0.3) is 0 Å². The zero-order valence-corrected chi connectivity index (χ0v) is 10.7. The smallest absolute Gasteiger partial charge is 0.450 e. The van der Waals surface area contributed by atoms with E-state index in [0.29, 0.717) is 6.42 Å². The molecule has 0 heterocycles. The number of aryl methyl sites for hydroxylation is 1. The van der Waals surface area contributed by atoms with E-state index in [4.69, 9.17) is 9.84 Å². The maximum atomic E-state index is 10.8. The molecule has 98 valence electrons. The van der Waals surface area contributed by atoms with Crippen LogP contribution in [0.4, 0.5) is 4.79 Å². The van der Waals surface area contributed by atoms with Crippen molar-refractivity contribution in [3.8, 4) is 0 Å². The first kappa shape index (κ1) is 13.1. The van der Waals surface area contributed by atoms with Crippen molar-refractivity contribution in [2.75, 3.05) is 0 Å². The van der Waals surface area contributed by atoms with Crippen molar-refractivity contribution in [2.45, 2.75) is 19.4 Å². The van der Waals surface area contributed by atoms with E-state index in [1.165, 1.54) is 0 Å². The first-order valence-corrected chi connectivity index (χ1v) is 6.15. The maximum Gasteiger partial charge on any atom is 0.506 e. The standard InChI is InChI=1S/C16H16O3/c1-12-7-9-14(10-8-12)15(19-16(17)18)11-13-5-3-2-4-6-13/h2-10,15H,11H2,1H3,(H,17,18). The number of hydrogen-bond acceptors (Lipinski definition) is 2. The lowest BCUT2D eigenvalue weighted by Gasteiger charge is -2.16. The molecule has 0 amide bonds. The first-order chi connectivity index (χ1) is 9.15. The highest BCUT2D eigenvalue weighted by Gasteiger charge is 2.16. The summed E-state index contributed by atoms with van der Waals surface area (Å²) in [7, 11) is 0. The first-order valence-electron chi connectivity index (χ1n) is 6.15. The van der Waals surface area contributed by atoms with Crippen LogP contribution in [0.1, 0.15) is 22.8 Å². The van der Waals surface area contributed by atoms with Gasteiger partial charge in [-0.3, -0.25) is 0 Å². The molecule has 2 aromatic rings. The van der Waals surface area contributed by atoms with Crippen LogP contribution < -0.4 is 0 Å². The molecule has 0 bridgehead atoms. The van der Waals surface area contributed by atoms with Crippen LogP contribution in [0, 0.1) is 6.92 Å². The molecule has 0 aromatic heterocycles. The van der Waals surface area contributed by atoms with E-state index in [0.717, 1.165) is 16.7 Å². The molecule has 2 rings (SSSR count). The summed E-state index contributed by atoms with van der Waals surface area (Å²) in [4.78, 5) is 10.8. The van der Waals surface area contributed by atoms with Crippen LogP contribution in [0.15, 0.2) is 54.6 Å². The summed E-state index contributed by atoms with van der Waals surface area (Å²) in [5.41, 5.74) is 3.06. The van der Waals surface area contributed by atoms with Gasteiger partial charge in [0.2, 0.25) is 0 Å². The quantitative estimate of drug-likeness (QED) is 0.842. The average Bonchev–Trinajstić information content (AvgIpc) is 2.39. The molecule has 19 heavy (non-hydrogen) atoms. The third-order valence-corrected chi connectivity index (χ3v) is 2.96. The lowest BCUT2D eigenvalue weighted by atomic mass is 10.0. The molecule has 0 aliphatic heterocycles. The normalized spacial score (nSPS) is 11.8. The fraction of sp³-hybridized carbons (Fsp3) is 0.188. The highest BCUT2D eigenvalue weighted by molar-refractivity contribution is 5.57. The van der Waals surface area contributed by atoms with Crippen molar-refractivity contribution in [1.29, 1.82) is 0 Å². The van der Waals surface area contributed by atoms with Crippen LogP contribution in [0.3, 0.4) is 0 Å². The zero-order valence-electron chi connectivity index (χ0n) is 10.7. The van der Waals surface area contributed by atoms with Gasteiger partial charge in [0.05, 0.1) is 0 Å². The minimum absolute atomic E-state index is 0.472. The van der Waals surface area contributed by atoms with Gasteiger partial charge >= 0.3 is 6.16 Å². The van der Waals surface area contributed by atoms with E-state index in [9.17, 15) is 4.79 Å². The third-order valence-electron chi connectivity index (χ3n) is 2.96. The van der Waals surface area contributed by atoms with Crippen LogP contribution in [-0.2, 0) is 11.2 Å². The second kappa shape index (κ2) is 6.05. The Hall–Kier alpha value is -2.29. The van der Waals surface area contributed by atoms with Gasteiger partial charge in [0.1, 0.15) is 6.10 Å². The molecule has 2 aromatic carbocycles. The number of carboxylic acid groups (broad SMARTS) is 1. The number of carbonyl (C=O) groups is 1. The average molecular weight is 256 g/mol. The van der Waals surface area contributed by atoms with Crippen LogP contribution in [0.5, 0.6) is 0 Å². The van der Waals surface area contributed by atoms with E-state index in [1.54, 1.807) is 0 Å². The van der Waals surface area contributed by atoms with Crippen LogP contribution >= 0.6 is 0 Å². The highest BCUT2D eigenvalue weighted by atomic mass is 16.7. The van der Waals surface area contributed by atoms with Crippen molar-refractivity contribution in [3.05, 3.63) is 71.3 Å². The van der Waals surface area contributed by atoms with Gasteiger partial charge in [-0.1, -0.05) is 60.2 Å². The molecule has 0 saturated carbocycles. The predicted molar refractivity (Wildman–Crippen MR) is 73.2 cm³/mol. The Bertz CT molecular complexity index is 532. The molecule has 3 nitrogen and oxygen atoms in total. The number of rotatable bonds is 4. The van der Waals surface area contributed by atoms with Gasteiger partial charge in [-0.15, -0.1) is 0 Å². The molecule has 3 heteroatoms. The Balaban J connectivity index is 2.20. The van der Waals surface area contributed by atoms with Gasteiger partial charge in [0.25, 0.3) is 0 Å². The number of ether oxygens (including phenoxy) is 1. The number of benzene rings is 2. The Labute approximate surface area is 112 Å². The minimum atomic E-state index is -1.25. The van der Waals surface area contributed by atoms with Gasteiger partial charge in [0.15, 0.2) is 0 Å². The molecular weight excluding hydrogens is 240 g/mol. The van der Waals surface area contributed by atoms with Crippen molar-refractivity contribution in [1.82, 2.24) is 0 Å². The summed E-state index contributed by atoms with van der Waals surface area (Å²) in [6.07, 6.45) is -1.18. The molecular formula is C16H16O3. The molecule has 0 spiro atoms. The third kappa shape index (κ3) is 3.85. The summed E-state index contributed by atoms with van der Waals surface area (Å²) in [6.45, 7) is 1.99. The maximum absolute atomic E-state index is 10.8. The topological polar surface area (TPSA) is 46.5 Å². The summed E-state index contributed by atoms with van der Waals surface area (Å²) < 4.78 is 5.00. The van der Waals surface area contributed by atoms with Gasteiger partial charge in [-0.05, 0) is 18.1 Å². The second-order valence-corrected chi connectivity index (χ2v) is 4.47. The van der Waals surface area contributed by atoms with Gasteiger partial charge < -0.3 is 9.84 Å². The molecule has 1 atom stereocenters. The van der Waals surface area contributed by atoms with E-state index < -0.39 is 12.3 Å². The highest BCUT2D eigenvalue weighted by Crippen LogP contribution is 2.23. The summed E-state index contributed by atoms with van der Waals surface area (Å²) in [6, 6.07) is 17.5. The van der Waals surface area contributed by atoms with E-state index in [2.05, 4.69) is 0 Å². The second-order valence-electron chi connectivity index (χ2n) is 4.47. The molecule has 0 radical (unpaired) electrons. The van der Waals surface area contributed by atoms with Gasteiger partial charge in [-0.2, -0.15) is 0 Å². The Kier molecular flexibility index (Phi) is 4.18. The molecule has 1 N–H and O–H groups in total. The monoisotopic (exact) mass is 256 g/mol. The van der Waals surface area contributed by atoms with Crippen LogP contribution in [-0.4, -0.2) is 11.3 Å². The number of hydrogen-bond donors (Lipinski definition) is 1. The van der Waals surface area contributed by atoms with Crippen molar-refractivity contribution in [2.24, 2.45) is 0 Å². The van der Waals surface area contributed by atoms with Crippen LogP contribution in [0.2, 0.25) is 0 Å². The van der Waals surface area contributed by atoms with Gasteiger partial charge in [0, 0.05) is 6.42 Å². The lowest BCUT2D eigenvalue weighted by molar-refractivity contribution is 0.0513. The summed E-state index contributed by atoms with van der Waals surface area (Å²) in [5.74, 6) is 0. The Morgan fingerprint density at radius 3 is 2.32 bits per heavy atom. The largest absolute Gasteiger partial charge is 0.506 e. The summed E-state index contributed by atoms with van der Waals surface area (Å²) in [5, 5.41) is 8.86. The summed E-state index contributed by atoms with van der Waals surface area (Å²) >= 11 is 0. The SMILES string of the molecule is Cc1ccc(C(Cc2ccccc2)OC(=O)O)cc1. The lowest BCUT2D eigenvalue weighted by Crippen LogP contribution is -2.12.